The van der Waals surface area contributed by atoms with Crippen LogP contribution in [0, 0.1) is 0 Å². The van der Waals surface area contributed by atoms with Crippen molar-refractivity contribution >= 4 is 37.3 Å². The summed E-state index contributed by atoms with van der Waals surface area (Å²) in [5.41, 5.74) is 0. The number of hydrogen-bond donors (Lipinski definition) is 1. The van der Waals surface area contributed by atoms with E-state index in [0.29, 0.717) is 28.4 Å². The molecule has 120 valence electrons. The Morgan fingerprint density at radius 2 is 2.24 bits per heavy atom. The van der Waals surface area contributed by atoms with Crippen molar-refractivity contribution in [2.75, 3.05) is 19.7 Å². The number of nitrogens with zero attached hydrogens (tertiary/aromatic N) is 1. The predicted molar refractivity (Wildman–Crippen MR) is 88.2 cm³/mol. The van der Waals surface area contributed by atoms with Crippen LogP contribution in [0.15, 0.2) is 14.7 Å². The zero-order valence-electron chi connectivity index (χ0n) is 12.4. The van der Waals surface area contributed by atoms with Crippen LogP contribution in [0.5, 0.6) is 0 Å². The number of nitrogens with one attached hydrogen (secondary N) is 1. The number of morpholine rings is 1. The normalized spacial score (nSPS) is 24.4. The van der Waals surface area contributed by atoms with Gasteiger partial charge in [0.05, 0.1) is 16.5 Å². The highest BCUT2D eigenvalue weighted by atomic mass is 79.9. The molecular formula is C13H21BrN2O3S2. The Kier molecular flexibility index (Phi) is 5.84. The summed E-state index contributed by atoms with van der Waals surface area (Å²) >= 11 is 4.86. The van der Waals surface area contributed by atoms with Gasteiger partial charge < -0.3 is 10.1 Å². The first kappa shape index (κ1) is 17.4. The lowest BCUT2D eigenvalue weighted by molar-refractivity contribution is -0.0170. The topological polar surface area (TPSA) is 58.6 Å². The maximum absolute atomic E-state index is 12.9. The van der Waals surface area contributed by atoms with E-state index >= 15 is 0 Å². The van der Waals surface area contributed by atoms with Crippen LogP contribution in [0.4, 0.5) is 0 Å². The summed E-state index contributed by atoms with van der Waals surface area (Å²) in [4.78, 5) is 1.37. The fourth-order valence-corrected chi connectivity index (χ4v) is 6.54. The minimum Gasteiger partial charge on any atom is -0.375 e. The van der Waals surface area contributed by atoms with Crippen LogP contribution >= 0.6 is 27.3 Å². The largest absolute Gasteiger partial charge is 0.375 e. The van der Waals surface area contributed by atoms with Gasteiger partial charge in [-0.1, -0.05) is 6.92 Å². The van der Waals surface area contributed by atoms with E-state index < -0.39 is 10.0 Å². The Hall–Kier alpha value is 0.01000. The fourth-order valence-electron chi connectivity index (χ4n) is 2.24. The second kappa shape index (κ2) is 7.06. The molecule has 1 aliphatic heterocycles. The van der Waals surface area contributed by atoms with E-state index in [9.17, 15) is 8.42 Å². The van der Waals surface area contributed by atoms with Gasteiger partial charge in [0.25, 0.3) is 0 Å². The average molecular weight is 397 g/mol. The SMILES string of the molecule is CCNCc1cc(S(=O)(=O)N2CC(C)OCC2C)c(Br)s1. The maximum atomic E-state index is 12.9. The van der Waals surface area contributed by atoms with Crippen molar-refractivity contribution in [3.8, 4) is 0 Å². The molecule has 2 heterocycles. The highest BCUT2D eigenvalue weighted by molar-refractivity contribution is 9.11. The summed E-state index contributed by atoms with van der Waals surface area (Å²) in [7, 11) is -3.49. The summed E-state index contributed by atoms with van der Waals surface area (Å²) in [5.74, 6) is 0. The zero-order valence-corrected chi connectivity index (χ0v) is 15.6. The van der Waals surface area contributed by atoms with E-state index in [1.807, 2.05) is 20.8 Å². The van der Waals surface area contributed by atoms with Crippen LogP contribution in [0.3, 0.4) is 0 Å². The third kappa shape index (κ3) is 3.86. The number of rotatable bonds is 5. The van der Waals surface area contributed by atoms with Crippen molar-refractivity contribution in [1.82, 2.24) is 9.62 Å². The minimum absolute atomic E-state index is 0.0744. The number of ether oxygens (including phenoxy) is 1. The molecule has 1 fully saturated rings. The van der Waals surface area contributed by atoms with E-state index in [1.165, 1.54) is 11.3 Å². The summed E-state index contributed by atoms with van der Waals surface area (Å²) < 4.78 is 33.5. The molecule has 1 aliphatic rings. The highest BCUT2D eigenvalue weighted by Crippen LogP contribution is 2.35. The van der Waals surface area contributed by atoms with Gasteiger partial charge in [0.15, 0.2) is 0 Å². The Balaban J connectivity index is 2.28. The van der Waals surface area contributed by atoms with Gasteiger partial charge in [0.2, 0.25) is 10.0 Å². The Morgan fingerprint density at radius 3 is 2.90 bits per heavy atom. The molecule has 1 aromatic heterocycles. The Labute approximate surface area is 138 Å². The lowest BCUT2D eigenvalue weighted by atomic mass is 10.2. The van der Waals surface area contributed by atoms with Crippen molar-refractivity contribution in [2.24, 2.45) is 0 Å². The van der Waals surface area contributed by atoms with E-state index in [2.05, 4.69) is 21.2 Å². The number of hydrogen-bond acceptors (Lipinski definition) is 5. The first-order valence-corrected chi connectivity index (χ1v) is 10.0. The molecule has 0 aromatic carbocycles. The van der Waals surface area contributed by atoms with Crippen LogP contribution in [0.25, 0.3) is 0 Å². The van der Waals surface area contributed by atoms with Gasteiger partial charge in [0.1, 0.15) is 4.90 Å². The quantitative estimate of drug-likeness (QED) is 0.829. The molecule has 5 nitrogen and oxygen atoms in total. The van der Waals surface area contributed by atoms with Gasteiger partial charge in [-0.3, -0.25) is 0 Å². The third-order valence-corrected chi connectivity index (χ3v) is 7.63. The first-order valence-electron chi connectivity index (χ1n) is 6.98. The molecule has 0 amide bonds. The lowest BCUT2D eigenvalue weighted by Crippen LogP contribution is -2.50. The monoisotopic (exact) mass is 396 g/mol. The smallest absolute Gasteiger partial charge is 0.245 e. The molecule has 0 aliphatic carbocycles. The van der Waals surface area contributed by atoms with Crippen LogP contribution in [-0.4, -0.2) is 44.6 Å². The second-order valence-electron chi connectivity index (χ2n) is 5.20. The van der Waals surface area contributed by atoms with Crippen molar-refractivity contribution in [3.63, 3.8) is 0 Å². The molecule has 1 aromatic rings. The molecule has 1 N–H and O–H groups in total. The van der Waals surface area contributed by atoms with Crippen molar-refractivity contribution in [1.29, 1.82) is 0 Å². The zero-order chi connectivity index (χ0) is 15.6. The van der Waals surface area contributed by atoms with Crippen LogP contribution in [-0.2, 0) is 21.3 Å². The van der Waals surface area contributed by atoms with Gasteiger partial charge >= 0.3 is 0 Å². The molecule has 0 radical (unpaired) electrons. The van der Waals surface area contributed by atoms with Crippen molar-refractivity contribution < 1.29 is 13.2 Å². The lowest BCUT2D eigenvalue weighted by Gasteiger charge is -2.35. The molecule has 2 unspecified atom stereocenters. The van der Waals surface area contributed by atoms with Crippen LogP contribution in [0.1, 0.15) is 25.6 Å². The molecule has 8 heteroatoms. The second-order valence-corrected chi connectivity index (χ2v) is 9.51. The summed E-state index contributed by atoms with van der Waals surface area (Å²) in [5, 5.41) is 3.21. The standard InChI is InChI=1S/C13H21BrN2O3S2/c1-4-15-6-11-5-12(13(14)20-11)21(17,18)16-7-10(3)19-8-9(16)2/h5,9-10,15H,4,6-8H2,1-3H3. The molecule has 2 rings (SSSR count). The Morgan fingerprint density at radius 1 is 1.52 bits per heavy atom. The Bertz CT molecular complexity index is 588. The van der Waals surface area contributed by atoms with Crippen LogP contribution < -0.4 is 5.32 Å². The fraction of sp³-hybridized carbons (Fsp3) is 0.692. The summed E-state index contributed by atoms with van der Waals surface area (Å²) in [6, 6.07) is 1.62. The van der Waals surface area contributed by atoms with E-state index in [0.717, 1.165) is 11.4 Å². The van der Waals surface area contributed by atoms with E-state index in [1.54, 1.807) is 10.4 Å². The van der Waals surface area contributed by atoms with Crippen LogP contribution in [0.2, 0.25) is 0 Å². The van der Waals surface area contributed by atoms with Crippen molar-refractivity contribution in [3.05, 3.63) is 14.7 Å². The number of thiophene rings is 1. The molecule has 21 heavy (non-hydrogen) atoms. The highest BCUT2D eigenvalue weighted by Gasteiger charge is 2.36. The average Bonchev–Trinajstić information content (AvgIpc) is 2.81. The number of sulfonamides is 1. The predicted octanol–water partition coefficient (Wildman–Crippen LogP) is 2.42. The van der Waals surface area contributed by atoms with Gasteiger partial charge in [-0.25, -0.2) is 8.42 Å². The molecule has 1 saturated heterocycles. The summed E-state index contributed by atoms with van der Waals surface area (Å²) in [6.07, 6.45) is -0.0744. The van der Waals surface area contributed by atoms with Gasteiger partial charge in [-0.05, 0) is 42.4 Å². The molecule has 0 saturated carbocycles. The van der Waals surface area contributed by atoms with E-state index in [4.69, 9.17) is 4.74 Å². The summed E-state index contributed by atoms with van der Waals surface area (Å²) in [6.45, 7) is 8.18. The molecule has 2 atom stereocenters. The first-order chi connectivity index (χ1) is 9.86. The molecule has 0 bridgehead atoms. The van der Waals surface area contributed by atoms with E-state index in [-0.39, 0.29) is 12.1 Å². The van der Waals surface area contributed by atoms with Gasteiger partial charge in [-0.15, -0.1) is 11.3 Å². The molecule has 0 spiro atoms. The minimum atomic E-state index is -3.49. The van der Waals surface area contributed by atoms with Gasteiger partial charge in [0, 0.05) is 24.0 Å². The van der Waals surface area contributed by atoms with Crippen molar-refractivity contribution in [2.45, 2.75) is 44.4 Å². The number of halogens is 1. The maximum Gasteiger partial charge on any atom is 0.245 e. The third-order valence-electron chi connectivity index (χ3n) is 3.39. The van der Waals surface area contributed by atoms with Gasteiger partial charge in [-0.2, -0.15) is 4.31 Å². The molecular weight excluding hydrogens is 376 g/mol.